The van der Waals surface area contributed by atoms with Gasteiger partial charge in [0.2, 0.25) is 0 Å². The number of benzene rings is 2. The fourth-order valence-electron chi connectivity index (χ4n) is 2.34. The molecule has 0 bridgehead atoms. The molecule has 0 unspecified atom stereocenters. The van der Waals surface area contributed by atoms with Gasteiger partial charge >= 0.3 is 0 Å². The number of hydrogen-bond donors (Lipinski definition) is 0. The second-order valence-electron chi connectivity index (χ2n) is 4.97. The number of nitrogens with zero attached hydrogens (tertiary/aromatic N) is 3. The van der Waals surface area contributed by atoms with Crippen LogP contribution in [-0.4, -0.2) is 16.9 Å². The predicted octanol–water partition coefficient (Wildman–Crippen LogP) is 4.38. The summed E-state index contributed by atoms with van der Waals surface area (Å²) in [4.78, 5) is 0. The number of ether oxygens (including phenoxy) is 1. The van der Waals surface area contributed by atoms with E-state index in [0.717, 1.165) is 32.9 Å². The Labute approximate surface area is 143 Å². The van der Waals surface area contributed by atoms with Crippen LogP contribution in [0.25, 0.3) is 16.9 Å². The Hall–Kier alpha value is -2.58. The highest BCUT2D eigenvalue weighted by atomic mass is 79.9. The van der Waals surface area contributed by atoms with Gasteiger partial charge in [-0.1, -0.05) is 28.1 Å². The third-order valence-electron chi connectivity index (χ3n) is 3.50. The third-order valence-corrected chi connectivity index (χ3v) is 4.03. The maximum absolute atomic E-state index is 9.07. The van der Waals surface area contributed by atoms with E-state index in [1.807, 2.05) is 54.6 Å². The first-order chi connectivity index (χ1) is 11.2. The molecule has 0 radical (unpaired) electrons. The lowest BCUT2D eigenvalue weighted by Gasteiger charge is -2.06. The largest absolute Gasteiger partial charge is 0.497 e. The van der Waals surface area contributed by atoms with E-state index in [0.29, 0.717) is 6.42 Å². The SMILES string of the molecule is COc1ccc(-n2nc(-c3ccc(Br)cc3)cc2CC#N)cc1. The molecule has 4 nitrogen and oxygen atoms in total. The number of rotatable bonds is 4. The Morgan fingerprint density at radius 3 is 2.43 bits per heavy atom. The van der Waals surface area contributed by atoms with Crippen molar-refractivity contribution in [2.45, 2.75) is 6.42 Å². The molecule has 0 saturated heterocycles. The Morgan fingerprint density at radius 2 is 1.83 bits per heavy atom. The van der Waals surface area contributed by atoms with Crippen LogP contribution in [0, 0.1) is 11.3 Å². The first kappa shape index (κ1) is 15.3. The van der Waals surface area contributed by atoms with E-state index in [2.05, 4.69) is 27.1 Å². The molecule has 3 rings (SSSR count). The van der Waals surface area contributed by atoms with Crippen molar-refractivity contribution >= 4 is 15.9 Å². The molecule has 0 amide bonds. The average Bonchev–Trinajstić information content (AvgIpc) is 3.00. The lowest BCUT2D eigenvalue weighted by atomic mass is 10.1. The summed E-state index contributed by atoms with van der Waals surface area (Å²) in [5.41, 5.74) is 3.62. The van der Waals surface area contributed by atoms with E-state index in [-0.39, 0.29) is 0 Å². The fourth-order valence-corrected chi connectivity index (χ4v) is 2.60. The zero-order valence-electron chi connectivity index (χ0n) is 12.5. The van der Waals surface area contributed by atoms with E-state index < -0.39 is 0 Å². The highest BCUT2D eigenvalue weighted by Gasteiger charge is 2.11. The van der Waals surface area contributed by atoms with Gasteiger partial charge in [-0.05, 0) is 42.5 Å². The Bertz CT molecular complexity index is 845. The summed E-state index contributed by atoms with van der Waals surface area (Å²) in [5.74, 6) is 0.788. The fraction of sp³-hybridized carbons (Fsp3) is 0.111. The van der Waals surface area contributed by atoms with Gasteiger partial charge in [-0.15, -0.1) is 0 Å². The molecule has 0 atom stereocenters. The summed E-state index contributed by atoms with van der Waals surface area (Å²) < 4.78 is 8.01. The molecule has 1 heterocycles. The van der Waals surface area contributed by atoms with Gasteiger partial charge in [0.25, 0.3) is 0 Å². The van der Waals surface area contributed by atoms with Crippen molar-refractivity contribution in [3.8, 4) is 28.8 Å². The smallest absolute Gasteiger partial charge is 0.119 e. The van der Waals surface area contributed by atoms with Gasteiger partial charge in [-0.2, -0.15) is 10.4 Å². The quantitative estimate of drug-likeness (QED) is 0.687. The van der Waals surface area contributed by atoms with Crippen LogP contribution in [0.15, 0.2) is 59.1 Å². The Balaban J connectivity index is 2.04. The third kappa shape index (κ3) is 3.27. The van der Waals surface area contributed by atoms with Crippen molar-refractivity contribution < 1.29 is 4.74 Å². The highest BCUT2D eigenvalue weighted by Crippen LogP contribution is 2.24. The van der Waals surface area contributed by atoms with Crippen LogP contribution < -0.4 is 4.74 Å². The summed E-state index contributed by atoms with van der Waals surface area (Å²) >= 11 is 3.43. The molecule has 0 aliphatic carbocycles. The van der Waals surface area contributed by atoms with Gasteiger partial charge in [0.15, 0.2) is 0 Å². The molecule has 5 heteroatoms. The minimum atomic E-state index is 0.301. The van der Waals surface area contributed by atoms with Crippen molar-refractivity contribution in [3.63, 3.8) is 0 Å². The van der Waals surface area contributed by atoms with Crippen molar-refractivity contribution in [1.29, 1.82) is 5.26 Å². The second-order valence-corrected chi connectivity index (χ2v) is 5.89. The molecule has 0 N–H and O–H groups in total. The molecular formula is C18H14BrN3O. The summed E-state index contributed by atoms with van der Waals surface area (Å²) in [6.45, 7) is 0. The molecule has 0 saturated carbocycles. The van der Waals surface area contributed by atoms with E-state index in [1.165, 1.54) is 0 Å². The molecule has 0 fully saturated rings. The number of methoxy groups -OCH3 is 1. The van der Waals surface area contributed by atoms with Crippen LogP contribution in [0.5, 0.6) is 5.75 Å². The first-order valence-corrected chi connectivity index (χ1v) is 7.87. The molecule has 0 aliphatic heterocycles. The first-order valence-electron chi connectivity index (χ1n) is 7.07. The molecule has 1 aromatic heterocycles. The number of aromatic nitrogens is 2. The number of halogens is 1. The standard InChI is InChI=1S/C18H14BrN3O/c1-23-17-8-6-15(7-9-17)22-16(10-11-20)12-18(21-22)13-2-4-14(19)5-3-13/h2-9,12H,10H2,1H3. The van der Waals surface area contributed by atoms with Gasteiger partial charge in [0, 0.05) is 10.0 Å². The number of hydrogen-bond acceptors (Lipinski definition) is 3. The Kier molecular flexibility index (Phi) is 4.45. The maximum Gasteiger partial charge on any atom is 0.119 e. The van der Waals surface area contributed by atoms with Crippen LogP contribution in [0.2, 0.25) is 0 Å². The van der Waals surface area contributed by atoms with Gasteiger partial charge in [0.05, 0.1) is 36.7 Å². The topological polar surface area (TPSA) is 50.8 Å². The summed E-state index contributed by atoms with van der Waals surface area (Å²) in [6.07, 6.45) is 0.301. The zero-order chi connectivity index (χ0) is 16.2. The molecule has 0 aliphatic rings. The lowest BCUT2D eigenvalue weighted by molar-refractivity contribution is 0.414. The minimum absolute atomic E-state index is 0.301. The summed E-state index contributed by atoms with van der Waals surface area (Å²) in [6, 6.07) is 19.7. The zero-order valence-corrected chi connectivity index (χ0v) is 14.1. The Morgan fingerprint density at radius 1 is 1.13 bits per heavy atom. The van der Waals surface area contributed by atoms with Crippen LogP contribution in [0.4, 0.5) is 0 Å². The van der Waals surface area contributed by atoms with E-state index in [9.17, 15) is 0 Å². The molecule has 23 heavy (non-hydrogen) atoms. The van der Waals surface area contributed by atoms with Crippen molar-refractivity contribution in [3.05, 3.63) is 64.8 Å². The summed E-state index contributed by atoms with van der Waals surface area (Å²) in [7, 11) is 1.63. The van der Waals surface area contributed by atoms with Crippen LogP contribution >= 0.6 is 15.9 Å². The van der Waals surface area contributed by atoms with Crippen LogP contribution in [0.3, 0.4) is 0 Å². The normalized spacial score (nSPS) is 10.3. The van der Waals surface area contributed by atoms with Gasteiger partial charge in [-0.25, -0.2) is 4.68 Å². The van der Waals surface area contributed by atoms with Crippen LogP contribution in [-0.2, 0) is 6.42 Å². The van der Waals surface area contributed by atoms with Crippen LogP contribution in [0.1, 0.15) is 5.69 Å². The second kappa shape index (κ2) is 6.67. The lowest BCUT2D eigenvalue weighted by Crippen LogP contribution is -2.01. The highest BCUT2D eigenvalue weighted by molar-refractivity contribution is 9.10. The molecule has 2 aromatic carbocycles. The van der Waals surface area contributed by atoms with E-state index >= 15 is 0 Å². The number of nitriles is 1. The van der Waals surface area contributed by atoms with Crippen molar-refractivity contribution in [1.82, 2.24) is 9.78 Å². The molecular weight excluding hydrogens is 354 g/mol. The maximum atomic E-state index is 9.07. The van der Waals surface area contributed by atoms with Crippen molar-refractivity contribution in [2.24, 2.45) is 0 Å². The van der Waals surface area contributed by atoms with E-state index in [1.54, 1.807) is 11.8 Å². The van der Waals surface area contributed by atoms with Gasteiger partial charge in [-0.3, -0.25) is 0 Å². The van der Waals surface area contributed by atoms with E-state index in [4.69, 9.17) is 10.00 Å². The monoisotopic (exact) mass is 367 g/mol. The van der Waals surface area contributed by atoms with Gasteiger partial charge in [0.1, 0.15) is 5.75 Å². The average molecular weight is 368 g/mol. The molecule has 0 spiro atoms. The predicted molar refractivity (Wildman–Crippen MR) is 92.6 cm³/mol. The minimum Gasteiger partial charge on any atom is -0.497 e. The van der Waals surface area contributed by atoms with Crippen molar-refractivity contribution in [2.75, 3.05) is 7.11 Å². The van der Waals surface area contributed by atoms with Gasteiger partial charge < -0.3 is 4.74 Å². The summed E-state index contributed by atoms with van der Waals surface area (Å²) in [5, 5.41) is 13.7. The molecule has 114 valence electrons. The molecule has 3 aromatic rings.